The van der Waals surface area contributed by atoms with Crippen molar-refractivity contribution in [2.24, 2.45) is 34.5 Å². The van der Waals surface area contributed by atoms with E-state index in [1.165, 1.54) is 0 Å². The van der Waals surface area contributed by atoms with Crippen LogP contribution in [0.15, 0.2) is 42.0 Å². The average Bonchev–Trinajstić information content (AvgIpc) is 3.23. The van der Waals surface area contributed by atoms with Gasteiger partial charge >= 0.3 is 5.97 Å². The van der Waals surface area contributed by atoms with Crippen molar-refractivity contribution in [3.63, 3.8) is 0 Å². The molecule has 10 nitrogen and oxygen atoms in total. The summed E-state index contributed by atoms with van der Waals surface area (Å²) in [6, 6.07) is 4.77. The van der Waals surface area contributed by atoms with Crippen LogP contribution in [0.4, 0.5) is 0 Å². The predicted molar refractivity (Wildman–Crippen MR) is 137 cm³/mol. The van der Waals surface area contributed by atoms with E-state index < -0.39 is 17.2 Å². The topological polar surface area (TPSA) is 146 Å². The van der Waals surface area contributed by atoms with Crippen molar-refractivity contribution >= 4 is 17.5 Å². The quantitative estimate of drug-likeness (QED) is 0.299. The number of hydrogen-bond donors (Lipinski definition) is 1. The maximum absolute atomic E-state index is 13.3. The lowest BCUT2D eigenvalue weighted by molar-refractivity contribution is -0.763. The van der Waals surface area contributed by atoms with Gasteiger partial charge in [-0.15, -0.1) is 10.1 Å². The summed E-state index contributed by atoms with van der Waals surface area (Å²) >= 11 is 0. The largest absolute Gasteiger partial charge is 0.457 e. The summed E-state index contributed by atoms with van der Waals surface area (Å²) < 4.78 is 5.33. The van der Waals surface area contributed by atoms with Gasteiger partial charge in [-0.3, -0.25) is 19.4 Å². The molecule has 0 aliphatic heterocycles. The van der Waals surface area contributed by atoms with Crippen LogP contribution in [-0.2, 0) is 37.0 Å². The molecular weight excluding hydrogens is 504 g/mol. The molecule has 3 saturated carbocycles. The van der Waals surface area contributed by atoms with Crippen LogP contribution in [0.5, 0.6) is 0 Å². The molecule has 4 aliphatic rings. The molecule has 7 unspecified atom stereocenters. The van der Waals surface area contributed by atoms with E-state index in [1.54, 1.807) is 30.4 Å². The third-order valence-corrected chi connectivity index (χ3v) is 9.76. The molecule has 1 aromatic heterocycles. The molecule has 10 heteroatoms. The highest BCUT2D eigenvalue weighted by Gasteiger charge is 2.62. The Labute approximate surface area is 226 Å². The molecule has 0 amide bonds. The molecule has 1 heterocycles. The van der Waals surface area contributed by atoms with Crippen molar-refractivity contribution < 1.29 is 34.2 Å². The second-order valence-corrected chi connectivity index (χ2v) is 11.9. The molecule has 0 bridgehead atoms. The highest BCUT2D eigenvalue weighted by atomic mass is 16.9. The zero-order valence-electron chi connectivity index (χ0n) is 22.2. The van der Waals surface area contributed by atoms with Crippen molar-refractivity contribution in [3.05, 3.63) is 63.5 Å². The van der Waals surface area contributed by atoms with E-state index >= 15 is 0 Å². The van der Waals surface area contributed by atoms with E-state index in [4.69, 9.17) is 4.74 Å². The number of carbonyl (C=O) groups excluding carboxylic acids is 3. The van der Waals surface area contributed by atoms with Crippen LogP contribution >= 0.6 is 0 Å². The molecule has 39 heavy (non-hydrogen) atoms. The van der Waals surface area contributed by atoms with Gasteiger partial charge < -0.3 is 14.7 Å². The second kappa shape index (κ2) is 10.3. The number of esters is 1. The summed E-state index contributed by atoms with van der Waals surface area (Å²) in [5, 5.41) is 20.9. The maximum Gasteiger partial charge on any atom is 0.312 e. The van der Waals surface area contributed by atoms with Gasteiger partial charge in [-0.05, 0) is 73.6 Å². The fourth-order valence-corrected chi connectivity index (χ4v) is 8.13. The lowest BCUT2D eigenvalue weighted by Crippen LogP contribution is -2.56. The highest BCUT2D eigenvalue weighted by molar-refractivity contribution is 6.01. The van der Waals surface area contributed by atoms with Crippen molar-refractivity contribution in [2.75, 3.05) is 6.61 Å². The van der Waals surface area contributed by atoms with Crippen LogP contribution < -0.4 is 0 Å². The number of allylic oxidation sites excluding steroid dienone is 4. The van der Waals surface area contributed by atoms with E-state index in [0.29, 0.717) is 24.2 Å². The van der Waals surface area contributed by atoms with E-state index in [9.17, 15) is 29.6 Å². The summed E-state index contributed by atoms with van der Waals surface area (Å²) in [5.41, 5.74) is 1.03. The zero-order chi connectivity index (χ0) is 27.9. The van der Waals surface area contributed by atoms with Gasteiger partial charge in [-0.25, -0.2) is 0 Å². The lowest BCUT2D eigenvalue weighted by Gasteiger charge is -2.58. The summed E-state index contributed by atoms with van der Waals surface area (Å²) in [7, 11) is 0. The first-order valence-electron chi connectivity index (χ1n) is 13.5. The third kappa shape index (κ3) is 5.02. The number of rotatable bonds is 8. The number of nitrogens with zero attached hydrogens (tertiary/aromatic N) is 2. The molecule has 1 aromatic rings. The van der Waals surface area contributed by atoms with Crippen molar-refractivity contribution in [1.82, 2.24) is 4.98 Å². The van der Waals surface area contributed by atoms with Gasteiger partial charge in [0, 0.05) is 17.3 Å². The minimum absolute atomic E-state index is 0.00414. The molecule has 0 spiro atoms. The van der Waals surface area contributed by atoms with Crippen LogP contribution in [0.1, 0.15) is 57.3 Å². The SMILES string of the molecule is CC12C=CC(=O)C=C1CCC1C2C(O)CC2(C)C(C(=O)COC(=O)Cc3cccc(CO[N+](=O)[O-])n3)CCC12. The van der Waals surface area contributed by atoms with Crippen LogP contribution in [-0.4, -0.2) is 45.4 Å². The smallest absolute Gasteiger partial charge is 0.312 e. The van der Waals surface area contributed by atoms with Crippen LogP contribution in [0, 0.1) is 44.6 Å². The van der Waals surface area contributed by atoms with Crippen molar-refractivity contribution in [3.8, 4) is 0 Å². The van der Waals surface area contributed by atoms with Crippen molar-refractivity contribution in [1.29, 1.82) is 0 Å². The Balaban J connectivity index is 1.22. The minimum Gasteiger partial charge on any atom is -0.457 e. The number of ether oxygens (including phenoxy) is 1. The molecule has 4 aliphatic carbocycles. The lowest BCUT2D eigenvalue weighted by atomic mass is 9.46. The maximum atomic E-state index is 13.3. The Morgan fingerprint density at radius 3 is 2.74 bits per heavy atom. The Hall–Kier alpha value is -3.40. The van der Waals surface area contributed by atoms with E-state index in [2.05, 4.69) is 23.7 Å². The molecule has 0 aromatic carbocycles. The van der Waals surface area contributed by atoms with Gasteiger partial charge in [0.05, 0.1) is 23.9 Å². The first-order chi connectivity index (χ1) is 18.5. The van der Waals surface area contributed by atoms with Gasteiger partial charge in [-0.1, -0.05) is 31.6 Å². The predicted octanol–water partition coefficient (Wildman–Crippen LogP) is 3.34. The van der Waals surface area contributed by atoms with Gasteiger partial charge in [0.15, 0.2) is 11.6 Å². The number of carbonyl (C=O) groups is 3. The zero-order valence-corrected chi connectivity index (χ0v) is 22.2. The summed E-state index contributed by atoms with van der Waals surface area (Å²) in [4.78, 5) is 56.7. The highest BCUT2D eigenvalue weighted by Crippen LogP contribution is 2.66. The number of Topliss-reactive ketones (excluding diaryl/α,β-unsaturated/α-hetero) is 1. The van der Waals surface area contributed by atoms with Crippen LogP contribution in [0.3, 0.4) is 0 Å². The van der Waals surface area contributed by atoms with E-state index in [1.807, 2.05) is 6.08 Å². The van der Waals surface area contributed by atoms with E-state index in [0.717, 1.165) is 24.8 Å². The monoisotopic (exact) mass is 538 g/mol. The number of fused-ring (bicyclic) bond motifs is 5. The first kappa shape index (κ1) is 27.2. The number of aromatic nitrogens is 1. The molecule has 5 rings (SSSR count). The fraction of sp³-hybridized carbons (Fsp3) is 0.586. The van der Waals surface area contributed by atoms with Gasteiger partial charge in [0.25, 0.3) is 5.09 Å². The number of hydrogen-bond acceptors (Lipinski definition) is 9. The molecule has 1 N–H and O–H groups in total. The third-order valence-electron chi connectivity index (χ3n) is 9.76. The van der Waals surface area contributed by atoms with Crippen LogP contribution in [0.25, 0.3) is 0 Å². The van der Waals surface area contributed by atoms with Gasteiger partial charge in [0.2, 0.25) is 0 Å². The summed E-state index contributed by atoms with van der Waals surface area (Å²) in [6.45, 7) is 3.57. The summed E-state index contributed by atoms with van der Waals surface area (Å²) in [6.07, 6.45) is 8.34. The molecule has 208 valence electrons. The van der Waals surface area contributed by atoms with Crippen molar-refractivity contribution in [2.45, 2.75) is 65.1 Å². The number of ketones is 2. The second-order valence-electron chi connectivity index (χ2n) is 11.9. The van der Waals surface area contributed by atoms with Gasteiger partial charge in [-0.2, -0.15) is 0 Å². The minimum atomic E-state index is -0.911. The molecule has 0 radical (unpaired) electrons. The molecule has 3 fully saturated rings. The molecule has 0 saturated heterocycles. The standard InChI is InChI=1S/C29H34N2O8/c1-28-11-10-20(32)12-17(28)6-7-21-22-8-9-23(29(22,2)14-24(33)27(21)28)25(34)16-38-26(35)13-18-4-3-5-19(30-18)15-39-31(36)37/h3-5,10-12,21-24,27,33H,6-9,13-16H2,1-2H3. The molecular formula is C29H34N2O8. The Bertz CT molecular complexity index is 1260. The first-order valence-corrected chi connectivity index (χ1v) is 13.5. The van der Waals surface area contributed by atoms with Gasteiger partial charge in [0.1, 0.15) is 13.2 Å². The molecule has 7 atom stereocenters. The summed E-state index contributed by atoms with van der Waals surface area (Å²) in [5.74, 6) is -0.518. The number of pyridine rings is 1. The Kier molecular flexibility index (Phi) is 7.17. The Morgan fingerprint density at radius 1 is 1.21 bits per heavy atom. The normalized spacial score (nSPS) is 34.8. The number of aliphatic hydroxyl groups is 1. The fourth-order valence-electron chi connectivity index (χ4n) is 8.13. The van der Waals surface area contributed by atoms with E-state index in [-0.39, 0.29) is 65.7 Å². The van der Waals surface area contributed by atoms with Crippen LogP contribution in [0.2, 0.25) is 0 Å². The average molecular weight is 539 g/mol. The Morgan fingerprint density at radius 2 is 1.97 bits per heavy atom. The number of aliphatic hydroxyl groups excluding tert-OH is 1.